The van der Waals surface area contributed by atoms with Crippen molar-refractivity contribution < 1.29 is 9.53 Å². The molecule has 3 nitrogen and oxygen atoms in total. The lowest BCUT2D eigenvalue weighted by Crippen LogP contribution is -2.20. The van der Waals surface area contributed by atoms with E-state index >= 15 is 0 Å². The summed E-state index contributed by atoms with van der Waals surface area (Å²) < 4.78 is 4.92. The van der Waals surface area contributed by atoms with Crippen molar-refractivity contribution in [2.24, 2.45) is 11.8 Å². The molecule has 0 aliphatic heterocycles. The molecular formula is C11H15NO2. The molecule has 1 aliphatic carbocycles. The largest absolute Gasteiger partial charge is 0.447 e. The van der Waals surface area contributed by atoms with Gasteiger partial charge in [-0.05, 0) is 32.1 Å². The average molecular weight is 193 g/mol. The number of hydrogen-bond acceptors (Lipinski definition) is 3. The number of hydrogen-bond donors (Lipinski definition) is 0. The fourth-order valence-corrected chi connectivity index (χ4v) is 1.62. The Hall–Kier alpha value is -1.04. The molecule has 76 valence electrons. The van der Waals surface area contributed by atoms with Crippen LogP contribution in [-0.4, -0.2) is 12.1 Å². The lowest BCUT2D eigenvalue weighted by atomic mass is 10.0. The van der Waals surface area contributed by atoms with Crippen LogP contribution in [0.3, 0.4) is 0 Å². The van der Waals surface area contributed by atoms with Crippen molar-refractivity contribution >= 4 is 5.97 Å². The maximum Gasteiger partial charge on any atom is 0.310 e. The summed E-state index contributed by atoms with van der Waals surface area (Å²) in [5.41, 5.74) is 0. The van der Waals surface area contributed by atoms with E-state index in [1.165, 1.54) is 0 Å². The van der Waals surface area contributed by atoms with Crippen LogP contribution in [0.2, 0.25) is 0 Å². The van der Waals surface area contributed by atoms with E-state index in [0.29, 0.717) is 5.92 Å². The normalized spacial score (nSPS) is 28.1. The predicted molar refractivity (Wildman–Crippen MR) is 51.7 cm³/mol. The minimum atomic E-state index is -0.644. The lowest BCUT2D eigenvalue weighted by molar-refractivity contribution is -0.149. The summed E-state index contributed by atoms with van der Waals surface area (Å²) in [5, 5.41) is 8.48. The van der Waals surface area contributed by atoms with E-state index in [1.807, 2.05) is 12.5 Å². The minimum Gasteiger partial charge on any atom is -0.447 e. The predicted octanol–water partition coefficient (Wildman–Crippen LogP) is 1.90. The molecule has 0 aromatic carbocycles. The quantitative estimate of drug-likeness (QED) is 0.643. The Balaban J connectivity index is 2.36. The highest BCUT2D eigenvalue weighted by Crippen LogP contribution is 2.32. The topological polar surface area (TPSA) is 50.1 Å². The van der Waals surface area contributed by atoms with Gasteiger partial charge >= 0.3 is 5.97 Å². The number of carbonyl (C=O) groups is 1. The summed E-state index contributed by atoms with van der Waals surface area (Å²) in [6, 6.07) is 1.88. The first-order valence-corrected chi connectivity index (χ1v) is 4.90. The van der Waals surface area contributed by atoms with Gasteiger partial charge < -0.3 is 4.74 Å². The molecule has 0 aromatic rings. The van der Waals surface area contributed by atoms with Crippen LogP contribution in [0.1, 0.15) is 26.2 Å². The van der Waals surface area contributed by atoms with Gasteiger partial charge in [0.1, 0.15) is 6.07 Å². The van der Waals surface area contributed by atoms with Gasteiger partial charge in [-0.15, -0.1) is 0 Å². The van der Waals surface area contributed by atoms with Gasteiger partial charge in [-0.1, -0.05) is 13.3 Å². The number of carbonyl (C=O) groups excluding carboxylic acids is 1. The second kappa shape index (κ2) is 4.99. The van der Waals surface area contributed by atoms with Crippen LogP contribution < -0.4 is 0 Å². The maximum atomic E-state index is 11.5. The van der Waals surface area contributed by atoms with Gasteiger partial charge in [-0.2, -0.15) is 5.26 Å². The van der Waals surface area contributed by atoms with Gasteiger partial charge in [-0.3, -0.25) is 4.79 Å². The maximum absolute atomic E-state index is 11.5. The first kappa shape index (κ1) is 11.0. The van der Waals surface area contributed by atoms with E-state index < -0.39 is 6.10 Å². The lowest BCUT2D eigenvalue weighted by Gasteiger charge is -2.11. The van der Waals surface area contributed by atoms with Crippen LogP contribution in [0.5, 0.6) is 0 Å². The summed E-state index contributed by atoms with van der Waals surface area (Å²) in [7, 11) is 0. The molecule has 0 bridgehead atoms. The van der Waals surface area contributed by atoms with E-state index in [0.717, 1.165) is 19.3 Å². The smallest absolute Gasteiger partial charge is 0.310 e. The van der Waals surface area contributed by atoms with Gasteiger partial charge in [0.2, 0.25) is 0 Å². The highest BCUT2D eigenvalue weighted by molar-refractivity contribution is 5.74. The number of esters is 1. The molecule has 3 unspecified atom stereocenters. The Kier molecular flexibility index (Phi) is 3.94. The zero-order valence-corrected chi connectivity index (χ0v) is 8.40. The molecule has 0 amide bonds. The van der Waals surface area contributed by atoms with Crippen LogP contribution >= 0.6 is 0 Å². The molecule has 1 aliphatic rings. The third-order valence-electron chi connectivity index (χ3n) is 2.53. The average Bonchev–Trinajstić information content (AvgIpc) is 2.65. The Morgan fingerprint density at radius 3 is 3.07 bits per heavy atom. The Bertz CT molecular complexity index is 244. The highest BCUT2D eigenvalue weighted by atomic mass is 16.5. The first-order chi connectivity index (χ1) is 6.67. The van der Waals surface area contributed by atoms with Crippen molar-refractivity contribution in [3.63, 3.8) is 0 Å². The molecule has 0 aromatic heterocycles. The fraction of sp³-hybridized carbons (Fsp3) is 0.636. The summed E-state index contributed by atoms with van der Waals surface area (Å²) in [6.45, 7) is 5.39. The van der Waals surface area contributed by atoms with Gasteiger partial charge in [0, 0.05) is 0 Å². The van der Waals surface area contributed by atoms with E-state index in [2.05, 4.69) is 6.92 Å². The summed E-state index contributed by atoms with van der Waals surface area (Å²) in [6.07, 6.45) is 3.94. The van der Waals surface area contributed by atoms with E-state index in [9.17, 15) is 4.79 Å². The number of nitriles is 1. The van der Waals surface area contributed by atoms with Crippen molar-refractivity contribution in [2.75, 3.05) is 0 Å². The van der Waals surface area contributed by atoms with Gasteiger partial charge in [0.05, 0.1) is 5.92 Å². The molecule has 1 rings (SSSR count). The second-order valence-electron chi connectivity index (χ2n) is 3.68. The Morgan fingerprint density at radius 1 is 1.86 bits per heavy atom. The van der Waals surface area contributed by atoms with E-state index in [1.54, 1.807) is 6.92 Å². The summed E-state index contributed by atoms with van der Waals surface area (Å²) in [4.78, 5) is 11.5. The van der Waals surface area contributed by atoms with Gasteiger partial charge in [0.25, 0.3) is 0 Å². The highest BCUT2D eigenvalue weighted by Gasteiger charge is 2.30. The molecule has 0 N–H and O–H groups in total. The zero-order chi connectivity index (χ0) is 10.6. The molecular weight excluding hydrogens is 178 g/mol. The van der Waals surface area contributed by atoms with Crippen LogP contribution in [0.15, 0.2) is 0 Å². The molecule has 1 fully saturated rings. The molecule has 1 saturated carbocycles. The standard InChI is InChI=1S/C11H15NO2/c1-3-9-4-5-10(6-9)11(13)14-8(2)7-12/h5,8-10H,1,3-4,6H2,2H3. The SMILES string of the molecule is [CH2]CC1C[CH]C(C(=O)OC(C)C#N)C1. The van der Waals surface area contributed by atoms with E-state index in [4.69, 9.17) is 10.00 Å². The summed E-state index contributed by atoms with van der Waals surface area (Å²) in [5.74, 6) is 0.109. The van der Waals surface area contributed by atoms with Crippen LogP contribution in [-0.2, 0) is 9.53 Å². The van der Waals surface area contributed by atoms with E-state index in [-0.39, 0.29) is 11.9 Å². The fourth-order valence-electron chi connectivity index (χ4n) is 1.62. The molecule has 0 heterocycles. The van der Waals surface area contributed by atoms with Crippen molar-refractivity contribution in [3.05, 3.63) is 13.3 Å². The molecule has 0 saturated heterocycles. The molecule has 3 atom stereocenters. The molecule has 0 spiro atoms. The number of nitrogens with zero attached hydrogens (tertiary/aromatic N) is 1. The van der Waals surface area contributed by atoms with Crippen molar-refractivity contribution in [1.82, 2.24) is 0 Å². The third-order valence-corrected chi connectivity index (χ3v) is 2.53. The Labute approximate surface area is 85.1 Å². The molecule has 2 radical (unpaired) electrons. The summed E-state index contributed by atoms with van der Waals surface area (Å²) >= 11 is 0. The van der Waals surface area contributed by atoms with Gasteiger partial charge in [-0.25, -0.2) is 0 Å². The minimum absolute atomic E-state index is 0.127. The van der Waals surface area contributed by atoms with Crippen molar-refractivity contribution in [1.29, 1.82) is 5.26 Å². The van der Waals surface area contributed by atoms with Crippen LogP contribution in [0.25, 0.3) is 0 Å². The zero-order valence-electron chi connectivity index (χ0n) is 8.40. The number of rotatable bonds is 3. The number of ether oxygens (including phenoxy) is 1. The van der Waals surface area contributed by atoms with Crippen molar-refractivity contribution in [3.8, 4) is 6.07 Å². The second-order valence-corrected chi connectivity index (χ2v) is 3.68. The van der Waals surface area contributed by atoms with Crippen LogP contribution in [0, 0.1) is 36.5 Å². The Morgan fingerprint density at radius 2 is 2.57 bits per heavy atom. The van der Waals surface area contributed by atoms with Crippen LogP contribution in [0.4, 0.5) is 0 Å². The first-order valence-electron chi connectivity index (χ1n) is 4.90. The molecule has 14 heavy (non-hydrogen) atoms. The third kappa shape index (κ3) is 2.73. The monoisotopic (exact) mass is 193 g/mol. The molecule has 3 heteroatoms. The van der Waals surface area contributed by atoms with Gasteiger partial charge in [0.15, 0.2) is 6.10 Å². The van der Waals surface area contributed by atoms with Crippen molar-refractivity contribution in [2.45, 2.75) is 32.3 Å².